The van der Waals surface area contributed by atoms with Crippen LogP contribution in [0.4, 0.5) is 0 Å². The Morgan fingerprint density at radius 1 is 1.00 bits per heavy atom. The molecule has 0 saturated carbocycles. The Bertz CT molecular complexity index is 652. The van der Waals surface area contributed by atoms with E-state index in [0.29, 0.717) is 6.61 Å². The molecule has 4 heteroatoms. The normalized spacial score (nSPS) is 13.2. The maximum absolute atomic E-state index is 12.3. The number of aryl methyl sites for hydroxylation is 2. The van der Waals surface area contributed by atoms with Crippen LogP contribution in [-0.2, 0) is 4.79 Å². The lowest BCUT2D eigenvalue weighted by atomic mass is 10.2. The highest BCUT2D eigenvalue weighted by Crippen LogP contribution is 2.23. The minimum Gasteiger partial charge on any atom is -0.491 e. The van der Waals surface area contributed by atoms with Crippen LogP contribution in [0.5, 0.6) is 5.75 Å². The van der Waals surface area contributed by atoms with Crippen LogP contribution in [0.1, 0.15) is 25.0 Å². The third kappa shape index (κ3) is 5.93. The Hall–Kier alpha value is -1.94. The molecule has 0 aliphatic heterocycles. The van der Waals surface area contributed by atoms with Crippen molar-refractivity contribution in [2.45, 2.75) is 43.9 Å². The van der Waals surface area contributed by atoms with Crippen molar-refractivity contribution in [3.8, 4) is 5.75 Å². The summed E-state index contributed by atoms with van der Waals surface area (Å²) in [6.45, 7) is 8.43. The number of rotatable bonds is 7. The second kappa shape index (κ2) is 8.78. The molecule has 0 heterocycles. The SMILES string of the molecule is Cc1ccc(OC[C@@H](C)NC(=O)[C@@H](C)Sc2ccc(C)cc2)cc1. The van der Waals surface area contributed by atoms with Gasteiger partial charge >= 0.3 is 0 Å². The summed E-state index contributed by atoms with van der Waals surface area (Å²) in [6, 6.07) is 16.1. The fraction of sp³-hybridized carbons (Fsp3) is 0.350. The van der Waals surface area contributed by atoms with Crippen LogP contribution in [0.2, 0.25) is 0 Å². The number of benzene rings is 2. The van der Waals surface area contributed by atoms with Gasteiger partial charge in [-0.05, 0) is 52.0 Å². The van der Waals surface area contributed by atoms with Crippen LogP contribution in [0.25, 0.3) is 0 Å². The van der Waals surface area contributed by atoms with Crippen molar-refractivity contribution in [1.29, 1.82) is 0 Å². The van der Waals surface area contributed by atoms with E-state index < -0.39 is 0 Å². The summed E-state index contributed by atoms with van der Waals surface area (Å²) in [5.41, 5.74) is 2.42. The highest BCUT2D eigenvalue weighted by Gasteiger charge is 2.16. The molecule has 0 aromatic heterocycles. The summed E-state index contributed by atoms with van der Waals surface area (Å²) < 4.78 is 5.71. The van der Waals surface area contributed by atoms with Crippen molar-refractivity contribution in [2.75, 3.05) is 6.61 Å². The first-order chi connectivity index (χ1) is 11.4. The van der Waals surface area contributed by atoms with Gasteiger partial charge in [-0.25, -0.2) is 0 Å². The number of nitrogens with one attached hydrogen (secondary N) is 1. The molecule has 2 aromatic carbocycles. The molecule has 24 heavy (non-hydrogen) atoms. The Morgan fingerprint density at radius 2 is 1.54 bits per heavy atom. The van der Waals surface area contributed by atoms with Gasteiger partial charge in [0.1, 0.15) is 12.4 Å². The van der Waals surface area contributed by atoms with E-state index in [2.05, 4.69) is 24.4 Å². The van der Waals surface area contributed by atoms with Gasteiger partial charge in [-0.15, -0.1) is 11.8 Å². The fourth-order valence-corrected chi connectivity index (χ4v) is 3.01. The third-order valence-corrected chi connectivity index (χ3v) is 4.72. The second-order valence-electron chi connectivity index (χ2n) is 6.11. The summed E-state index contributed by atoms with van der Waals surface area (Å²) in [5.74, 6) is 0.851. The minimum atomic E-state index is -0.144. The molecule has 0 fully saturated rings. The Labute approximate surface area is 148 Å². The minimum absolute atomic E-state index is 0.0283. The van der Waals surface area contributed by atoms with Gasteiger partial charge < -0.3 is 10.1 Å². The van der Waals surface area contributed by atoms with Gasteiger partial charge in [0.2, 0.25) is 5.91 Å². The first kappa shape index (κ1) is 18.4. The summed E-state index contributed by atoms with van der Waals surface area (Å²) in [5, 5.41) is 2.86. The summed E-state index contributed by atoms with van der Waals surface area (Å²) >= 11 is 1.57. The van der Waals surface area contributed by atoms with E-state index in [4.69, 9.17) is 4.74 Å². The molecule has 0 bridgehead atoms. The molecule has 0 radical (unpaired) electrons. The highest BCUT2D eigenvalue weighted by atomic mass is 32.2. The van der Waals surface area contributed by atoms with Crippen molar-refractivity contribution in [2.24, 2.45) is 0 Å². The molecule has 1 amide bonds. The molecule has 2 aromatic rings. The van der Waals surface area contributed by atoms with E-state index in [9.17, 15) is 4.79 Å². The number of ether oxygens (including phenoxy) is 1. The number of hydrogen-bond donors (Lipinski definition) is 1. The number of thioether (sulfide) groups is 1. The van der Waals surface area contributed by atoms with Crippen molar-refractivity contribution in [1.82, 2.24) is 5.32 Å². The zero-order chi connectivity index (χ0) is 17.5. The highest BCUT2D eigenvalue weighted by molar-refractivity contribution is 8.00. The zero-order valence-corrected chi connectivity index (χ0v) is 15.5. The molecule has 0 aliphatic rings. The van der Waals surface area contributed by atoms with Crippen LogP contribution in [0.3, 0.4) is 0 Å². The molecule has 2 atom stereocenters. The van der Waals surface area contributed by atoms with E-state index in [1.807, 2.05) is 57.2 Å². The quantitative estimate of drug-likeness (QED) is 0.759. The molecule has 0 spiro atoms. The van der Waals surface area contributed by atoms with Crippen LogP contribution in [0.15, 0.2) is 53.4 Å². The lowest BCUT2D eigenvalue weighted by Crippen LogP contribution is -2.40. The first-order valence-corrected chi connectivity index (χ1v) is 9.05. The average molecular weight is 343 g/mol. The standard InChI is InChI=1S/C20H25NO2S/c1-14-5-9-18(10-6-14)23-13-16(3)21-20(22)17(4)24-19-11-7-15(2)8-12-19/h5-12,16-17H,13H2,1-4H3,(H,21,22)/t16-,17-/m1/s1. The van der Waals surface area contributed by atoms with Crippen molar-refractivity contribution < 1.29 is 9.53 Å². The summed E-state index contributed by atoms with van der Waals surface area (Å²) in [4.78, 5) is 13.4. The monoisotopic (exact) mass is 343 g/mol. The lowest BCUT2D eigenvalue weighted by molar-refractivity contribution is -0.121. The Balaban J connectivity index is 1.77. The number of carbonyl (C=O) groups is 1. The molecule has 0 unspecified atom stereocenters. The van der Waals surface area contributed by atoms with Gasteiger partial charge in [0.25, 0.3) is 0 Å². The van der Waals surface area contributed by atoms with E-state index in [-0.39, 0.29) is 17.2 Å². The first-order valence-electron chi connectivity index (χ1n) is 8.17. The van der Waals surface area contributed by atoms with Gasteiger partial charge in [-0.1, -0.05) is 35.4 Å². The summed E-state index contributed by atoms with van der Waals surface area (Å²) in [6.07, 6.45) is 0. The topological polar surface area (TPSA) is 38.3 Å². The molecule has 0 aliphatic carbocycles. The van der Waals surface area contributed by atoms with Gasteiger partial charge in [0.05, 0.1) is 11.3 Å². The molecule has 1 N–H and O–H groups in total. The predicted molar refractivity (Wildman–Crippen MR) is 101 cm³/mol. The molecule has 0 saturated heterocycles. The zero-order valence-electron chi connectivity index (χ0n) is 14.7. The van der Waals surface area contributed by atoms with Crippen LogP contribution in [-0.4, -0.2) is 23.8 Å². The molecule has 128 valence electrons. The van der Waals surface area contributed by atoms with Crippen molar-refractivity contribution >= 4 is 17.7 Å². The third-order valence-electron chi connectivity index (χ3n) is 3.61. The van der Waals surface area contributed by atoms with E-state index in [1.54, 1.807) is 11.8 Å². The van der Waals surface area contributed by atoms with Gasteiger partial charge in [0, 0.05) is 4.90 Å². The number of hydrogen-bond acceptors (Lipinski definition) is 3. The fourth-order valence-electron chi connectivity index (χ4n) is 2.13. The average Bonchev–Trinajstić information content (AvgIpc) is 2.56. The molecular weight excluding hydrogens is 318 g/mol. The van der Waals surface area contributed by atoms with Crippen molar-refractivity contribution in [3.63, 3.8) is 0 Å². The van der Waals surface area contributed by atoms with E-state index >= 15 is 0 Å². The number of carbonyl (C=O) groups excluding carboxylic acids is 1. The Morgan fingerprint density at radius 3 is 2.12 bits per heavy atom. The smallest absolute Gasteiger partial charge is 0.233 e. The van der Waals surface area contributed by atoms with Gasteiger partial charge in [-0.3, -0.25) is 4.79 Å². The van der Waals surface area contributed by atoms with Crippen LogP contribution < -0.4 is 10.1 Å². The molecular formula is C20H25NO2S. The van der Waals surface area contributed by atoms with Crippen LogP contribution >= 0.6 is 11.8 Å². The predicted octanol–water partition coefficient (Wildman–Crippen LogP) is 4.37. The molecule has 2 rings (SSSR count). The van der Waals surface area contributed by atoms with Gasteiger partial charge in [-0.2, -0.15) is 0 Å². The largest absolute Gasteiger partial charge is 0.491 e. The number of amides is 1. The van der Waals surface area contributed by atoms with Crippen LogP contribution in [0, 0.1) is 13.8 Å². The maximum atomic E-state index is 12.3. The van der Waals surface area contributed by atoms with Gasteiger partial charge in [0.15, 0.2) is 0 Å². The Kier molecular flexibility index (Phi) is 6.73. The van der Waals surface area contributed by atoms with E-state index in [1.165, 1.54) is 11.1 Å². The summed E-state index contributed by atoms with van der Waals surface area (Å²) in [7, 11) is 0. The molecule has 3 nitrogen and oxygen atoms in total. The lowest BCUT2D eigenvalue weighted by Gasteiger charge is -2.18. The van der Waals surface area contributed by atoms with Crippen molar-refractivity contribution in [3.05, 3.63) is 59.7 Å². The van der Waals surface area contributed by atoms with E-state index in [0.717, 1.165) is 10.6 Å². The second-order valence-corrected chi connectivity index (χ2v) is 7.52. The maximum Gasteiger partial charge on any atom is 0.233 e.